The first-order valence-electron chi connectivity index (χ1n) is 11.0. The highest BCUT2D eigenvalue weighted by Gasteiger charge is 2.50. The number of β-amino-alcohol motifs (C(OH)–C–C–N with tert-alkyl or cyclic N) is 1. The molecule has 0 saturated carbocycles. The lowest BCUT2D eigenvalue weighted by atomic mass is 9.98. The van der Waals surface area contributed by atoms with Gasteiger partial charge in [-0.1, -0.05) is 11.6 Å². The minimum Gasteiger partial charge on any atom is -0.480 e. The second-order valence-corrected chi connectivity index (χ2v) is 10.9. The molecule has 176 valence electrons. The highest BCUT2D eigenvalue weighted by Crippen LogP contribution is 2.40. The molecule has 11 heteroatoms. The zero-order valence-electron chi connectivity index (χ0n) is 18.3. The summed E-state index contributed by atoms with van der Waals surface area (Å²) in [5.74, 6) is 0.318. The lowest BCUT2D eigenvalue weighted by Gasteiger charge is -2.37. The van der Waals surface area contributed by atoms with Crippen LogP contribution in [0.25, 0.3) is 0 Å². The van der Waals surface area contributed by atoms with E-state index in [1.54, 1.807) is 11.8 Å². The zero-order chi connectivity index (χ0) is 23.3. The third-order valence-corrected chi connectivity index (χ3v) is 8.45. The number of carboxylic acid groups (broad SMARTS) is 1. The summed E-state index contributed by atoms with van der Waals surface area (Å²) in [6, 6.07) is 7.76. The Kier molecular flexibility index (Phi) is 5.70. The van der Waals surface area contributed by atoms with Gasteiger partial charge < -0.3 is 24.9 Å². The van der Waals surface area contributed by atoms with Crippen molar-refractivity contribution in [1.82, 2.24) is 9.97 Å². The molecule has 3 aliphatic rings. The fraction of sp³-hybridized carbons (Fsp3) is 0.500. The number of aryl methyl sites for hydroxylation is 1. The van der Waals surface area contributed by atoms with Gasteiger partial charge in [0.15, 0.2) is 5.82 Å². The number of fused-ring (bicyclic) bond motifs is 1. The maximum Gasteiger partial charge on any atom is 0.329 e. The average molecular weight is 492 g/mol. The summed E-state index contributed by atoms with van der Waals surface area (Å²) >= 11 is 6.01. The highest BCUT2D eigenvalue weighted by molar-refractivity contribution is 7.85. The van der Waals surface area contributed by atoms with Crippen LogP contribution >= 0.6 is 11.6 Å². The molecule has 2 N–H and O–H groups in total. The lowest BCUT2D eigenvalue weighted by Crippen LogP contribution is -2.49. The number of anilines is 3. The van der Waals surface area contributed by atoms with Gasteiger partial charge in [0.2, 0.25) is 5.95 Å². The number of carboxylic acids is 1. The second kappa shape index (κ2) is 8.41. The maximum atomic E-state index is 12.8. The number of aliphatic carboxylic acids is 1. The molecule has 1 aromatic carbocycles. The standard InChI is InChI=1S/C22H26ClN5O4S/c1-22(20(30)31)12-16(29)13-28(22)19-18-17(6-11-33(18)32)24-21(25-19)27-9-7-26(8-10-27)15-4-2-14(23)3-5-15/h2-5,16,29H,6-13H2,1H3,(H,30,31)/t16-,22+,33?/m1/s1. The number of piperazine rings is 1. The molecule has 0 bridgehead atoms. The molecule has 0 aliphatic carbocycles. The lowest BCUT2D eigenvalue weighted by molar-refractivity contribution is -0.142. The van der Waals surface area contributed by atoms with Crippen molar-refractivity contribution in [1.29, 1.82) is 0 Å². The molecular formula is C22H26ClN5O4S. The van der Waals surface area contributed by atoms with Gasteiger partial charge in [-0.2, -0.15) is 4.98 Å². The van der Waals surface area contributed by atoms with Gasteiger partial charge in [-0.05, 0) is 31.2 Å². The van der Waals surface area contributed by atoms with E-state index < -0.39 is 28.4 Å². The normalized spacial score (nSPS) is 27.2. The summed E-state index contributed by atoms with van der Waals surface area (Å²) < 4.78 is 12.8. The Labute approximate surface area is 199 Å². The van der Waals surface area contributed by atoms with Crippen molar-refractivity contribution >= 4 is 45.8 Å². The van der Waals surface area contributed by atoms with Crippen molar-refractivity contribution in [3.05, 3.63) is 35.0 Å². The summed E-state index contributed by atoms with van der Waals surface area (Å²) in [6.07, 6.45) is -0.143. The molecule has 2 saturated heterocycles. The fourth-order valence-electron chi connectivity index (χ4n) is 4.87. The molecule has 0 radical (unpaired) electrons. The largest absolute Gasteiger partial charge is 0.480 e. The van der Waals surface area contributed by atoms with Crippen molar-refractivity contribution < 1.29 is 19.2 Å². The van der Waals surface area contributed by atoms with Crippen LogP contribution in [0.1, 0.15) is 19.0 Å². The molecule has 5 rings (SSSR count). The number of aliphatic hydroxyl groups is 1. The van der Waals surface area contributed by atoms with Crippen LogP contribution in [0.15, 0.2) is 29.2 Å². The number of nitrogens with zero attached hydrogens (tertiary/aromatic N) is 5. The van der Waals surface area contributed by atoms with Gasteiger partial charge in [-0.25, -0.2) is 9.78 Å². The van der Waals surface area contributed by atoms with Gasteiger partial charge in [0, 0.05) is 62.0 Å². The van der Waals surface area contributed by atoms with E-state index in [0.29, 0.717) is 52.6 Å². The van der Waals surface area contributed by atoms with E-state index in [0.717, 1.165) is 18.8 Å². The molecule has 3 atom stereocenters. The van der Waals surface area contributed by atoms with Crippen LogP contribution in [0.4, 0.5) is 17.5 Å². The van der Waals surface area contributed by atoms with Gasteiger partial charge >= 0.3 is 5.97 Å². The Morgan fingerprint density at radius 3 is 2.48 bits per heavy atom. The van der Waals surface area contributed by atoms with Crippen molar-refractivity contribution in [2.75, 3.05) is 53.2 Å². The number of hydrogen-bond acceptors (Lipinski definition) is 8. The van der Waals surface area contributed by atoms with Gasteiger partial charge in [0.1, 0.15) is 10.4 Å². The van der Waals surface area contributed by atoms with E-state index in [1.165, 1.54) is 0 Å². The van der Waals surface area contributed by atoms with Crippen molar-refractivity contribution in [2.24, 2.45) is 0 Å². The van der Waals surface area contributed by atoms with Crippen LogP contribution in [-0.2, 0) is 22.0 Å². The number of hydrogen-bond donors (Lipinski definition) is 2. The fourth-order valence-corrected chi connectivity index (χ4v) is 6.35. The van der Waals surface area contributed by atoms with Crippen molar-refractivity contribution in [3.63, 3.8) is 0 Å². The number of aliphatic hydroxyl groups excluding tert-OH is 1. The number of aromatic nitrogens is 2. The molecule has 4 heterocycles. The summed E-state index contributed by atoms with van der Waals surface area (Å²) in [6.45, 7) is 4.67. The van der Waals surface area contributed by atoms with Gasteiger partial charge in [0.05, 0.1) is 22.6 Å². The van der Waals surface area contributed by atoms with Crippen LogP contribution in [0.5, 0.6) is 0 Å². The zero-order valence-corrected chi connectivity index (χ0v) is 19.8. The predicted octanol–water partition coefficient (Wildman–Crippen LogP) is 1.53. The van der Waals surface area contributed by atoms with Crippen molar-refractivity contribution in [2.45, 2.75) is 36.3 Å². The van der Waals surface area contributed by atoms with E-state index in [1.807, 2.05) is 24.3 Å². The summed E-state index contributed by atoms with van der Waals surface area (Å²) in [5, 5.41) is 20.9. The van der Waals surface area contributed by atoms with E-state index in [2.05, 4.69) is 9.80 Å². The van der Waals surface area contributed by atoms with E-state index in [4.69, 9.17) is 21.6 Å². The Morgan fingerprint density at radius 2 is 1.82 bits per heavy atom. The third kappa shape index (κ3) is 3.94. The predicted molar refractivity (Wildman–Crippen MR) is 127 cm³/mol. The molecule has 2 aromatic rings. The second-order valence-electron chi connectivity index (χ2n) is 8.92. The number of rotatable bonds is 4. The number of halogens is 1. The monoisotopic (exact) mass is 491 g/mol. The van der Waals surface area contributed by atoms with Gasteiger partial charge in [-0.3, -0.25) is 4.21 Å². The summed E-state index contributed by atoms with van der Waals surface area (Å²) in [7, 11) is -1.29. The van der Waals surface area contributed by atoms with Gasteiger partial charge in [-0.15, -0.1) is 0 Å². The smallest absolute Gasteiger partial charge is 0.329 e. The SMILES string of the molecule is C[C@@]1(C(=O)O)C[C@@H](O)CN1c1nc(N2CCN(c3ccc(Cl)cc3)CC2)nc2c1S(=O)CC2. The first kappa shape index (κ1) is 22.4. The highest BCUT2D eigenvalue weighted by atomic mass is 35.5. The van der Waals surface area contributed by atoms with Crippen LogP contribution in [0.3, 0.4) is 0 Å². The Morgan fingerprint density at radius 1 is 1.15 bits per heavy atom. The molecule has 2 fully saturated rings. The maximum absolute atomic E-state index is 12.8. The van der Waals surface area contributed by atoms with E-state index >= 15 is 0 Å². The van der Waals surface area contributed by atoms with Crippen LogP contribution in [0.2, 0.25) is 5.02 Å². The van der Waals surface area contributed by atoms with E-state index in [-0.39, 0.29) is 13.0 Å². The summed E-state index contributed by atoms with van der Waals surface area (Å²) in [4.78, 5) is 28.1. The minimum atomic E-state index is -1.32. The number of benzene rings is 1. The minimum absolute atomic E-state index is 0.0862. The quantitative estimate of drug-likeness (QED) is 0.657. The molecule has 33 heavy (non-hydrogen) atoms. The average Bonchev–Trinajstić information content (AvgIpc) is 3.33. The first-order chi connectivity index (χ1) is 15.8. The first-order valence-corrected chi connectivity index (χ1v) is 12.7. The molecule has 0 spiro atoms. The van der Waals surface area contributed by atoms with Gasteiger partial charge in [0.25, 0.3) is 0 Å². The summed E-state index contributed by atoms with van der Waals surface area (Å²) in [5.41, 5.74) is 0.495. The van der Waals surface area contributed by atoms with Crippen LogP contribution in [0, 0.1) is 0 Å². The molecule has 0 amide bonds. The molecule has 1 aromatic heterocycles. The molecular weight excluding hydrogens is 466 g/mol. The Hall–Kier alpha value is -2.43. The molecule has 9 nitrogen and oxygen atoms in total. The number of carbonyl (C=O) groups is 1. The van der Waals surface area contributed by atoms with Crippen LogP contribution < -0.4 is 14.7 Å². The molecule has 1 unspecified atom stereocenters. The third-order valence-electron chi connectivity index (χ3n) is 6.75. The Balaban J connectivity index is 1.45. The topological polar surface area (TPSA) is 110 Å². The Bertz CT molecular complexity index is 1110. The molecule has 3 aliphatic heterocycles. The van der Waals surface area contributed by atoms with Crippen LogP contribution in [-0.4, -0.2) is 80.5 Å². The van der Waals surface area contributed by atoms with E-state index in [9.17, 15) is 19.2 Å². The van der Waals surface area contributed by atoms with Crippen molar-refractivity contribution in [3.8, 4) is 0 Å².